The van der Waals surface area contributed by atoms with E-state index in [0.717, 1.165) is 4.47 Å². The van der Waals surface area contributed by atoms with Crippen LogP contribution in [0.3, 0.4) is 0 Å². The summed E-state index contributed by atoms with van der Waals surface area (Å²) in [5.41, 5.74) is 4.66. The number of carbonyl (C=O) groups excluding carboxylic acids is 2. The van der Waals surface area contributed by atoms with Crippen molar-refractivity contribution in [3.8, 4) is 0 Å². The van der Waals surface area contributed by atoms with Gasteiger partial charge in [-0.2, -0.15) is 0 Å². The fraction of sp³-hybridized carbons (Fsp3) is 0.500. The molecule has 0 saturated carbocycles. The molecular weight excluding hydrogens is 352 g/mol. The van der Waals surface area contributed by atoms with Gasteiger partial charge in [-0.05, 0) is 48.8 Å². The number of aromatic nitrogens is 1. The molecule has 0 bridgehead atoms. The molecule has 122 valence electrons. The Bertz CT molecular complexity index is 514. The highest BCUT2D eigenvalue weighted by molar-refractivity contribution is 9.10. The van der Waals surface area contributed by atoms with Gasteiger partial charge in [0.2, 0.25) is 5.91 Å². The molecule has 0 atom stereocenters. The summed E-state index contributed by atoms with van der Waals surface area (Å²) < 4.78 is 6.05. The summed E-state index contributed by atoms with van der Waals surface area (Å²) in [6.45, 7) is 5.64. The molecule has 1 aromatic rings. The van der Waals surface area contributed by atoms with E-state index < -0.39 is 11.7 Å². The molecule has 0 saturated heterocycles. The van der Waals surface area contributed by atoms with Crippen molar-refractivity contribution in [2.24, 2.45) is 0 Å². The molecule has 0 fully saturated rings. The number of rotatable bonds is 5. The Morgan fingerprint density at radius 2 is 2.05 bits per heavy atom. The number of hydrogen-bond donors (Lipinski definition) is 2. The molecule has 0 aliphatic carbocycles. The summed E-state index contributed by atoms with van der Waals surface area (Å²) in [5.74, 6) is 0.275. The fourth-order valence-corrected chi connectivity index (χ4v) is 1.58. The highest BCUT2D eigenvalue weighted by Gasteiger charge is 2.19. The van der Waals surface area contributed by atoms with Gasteiger partial charge in [-0.1, -0.05) is 0 Å². The van der Waals surface area contributed by atoms with Crippen LogP contribution in [0.15, 0.2) is 22.8 Å². The summed E-state index contributed by atoms with van der Waals surface area (Å²) in [6, 6.07) is 3.52. The maximum absolute atomic E-state index is 11.7. The van der Waals surface area contributed by atoms with Crippen LogP contribution < -0.4 is 10.9 Å². The Morgan fingerprint density at radius 1 is 1.36 bits per heavy atom. The smallest absolute Gasteiger partial charge is 0.410 e. The zero-order valence-electron chi connectivity index (χ0n) is 13.1. The molecule has 1 rings (SSSR count). The molecule has 7 nitrogen and oxygen atoms in total. The van der Waals surface area contributed by atoms with Crippen molar-refractivity contribution in [1.82, 2.24) is 15.3 Å². The van der Waals surface area contributed by atoms with Crippen LogP contribution in [0.4, 0.5) is 10.6 Å². The Hall–Kier alpha value is -1.83. The number of amides is 2. The molecule has 0 aliphatic heterocycles. The average Bonchev–Trinajstić information content (AvgIpc) is 2.42. The van der Waals surface area contributed by atoms with E-state index in [4.69, 9.17) is 4.74 Å². The zero-order chi connectivity index (χ0) is 16.8. The second-order valence-corrected chi connectivity index (χ2v) is 6.60. The van der Waals surface area contributed by atoms with E-state index in [1.807, 2.05) is 0 Å². The molecule has 0 aromatic carbocycles. The van der Waals surface area contributed by atoms with Crippen molar-refractivity contribution in [1.29, 1.82) is 0 Å². The van der Waals surface area contributed by atoms with Gasteiger partial charge in [0.05, 0.1) is 0 Å². The van der Waals surface area contributed by atoms with Gasteiger partial charge < -0.3 is 9.64 Å². The first kappa shape index (κ1) is 18.2. The lowest BCUT2D eigenvalue weighted by molar-refractivity contribution is -0.120. The van der Waals surface area contributed by atoms with Crippen LogP contribution in [0, 0.1) is 0 Å². The number of hydrazine groups is 1. The van der Waals surface area contributed by atoms with Crippen LogP contribution in [-0.2, 0) is 9.53 Å². The fourth-order valence-electron chi connectivity index (χ4n) is 1.35. The van der Waals surface area contributed by atoms with Gasteiger partial charge in [0.25, 0.3) is 0 Å². The number of nitrogens with one attached hydrogen (secondary N) is 2. The SMILES string of the molecule is CN(CCC(=O)NNc1ccc(Br)cn1)C(=O)OC(C)(C)C. The summed E-state index contributed by atoms with van der Waals surface area (Å²) in [4.78, 5) is 28.9. The van der Waals surface area contributed by atoms with Crippen LogP contribution in [0.1, 0.15) is 27.2 Å². The highest BCUT2D eigenvalue weighted by atomic mass is 79.9. The average molecular weight is 373 g/mol. The third-order valence-corrected chi connectivity index (χ3v) is 2.91. The number of ether oxygens (including phenoxy) is 1. The molecule has 2 amide bonds. The Kier molecular flexibility index (Phi) is 6.61. The van der Waals surface area contributed by atoms with Crippen molar-refractivity contribution in [3.05, 3.63) is 22.8 Å². The van der Waals surface area contributed by atoms with Gasteiger partial charge in [0.15, 0.2) is 0 Å². The molecule has 22 heavy (non-hydrogen) atoms. The van der Waals surface area contributed by atoms with E-state index in [1.165, 1.54) is 4.90 Å². The van der Waals surface area contributed by atoms with Crippen molar-refractivity contribution < 1.29 is 14.3 Å². The van der Waals surface area contributed by atoms with Crippen LogP contribution in [0.5, 0.6) is 0 Å². The second-order valence-electron chi connectivity index (χ2n) is 5.69. The third-order valence-electron chi connectivity index (χ3n) is 2.44. The van der Waals surface area contributed by atoms with Gasteiger partial charge in [0.1, 0.15) is 11.4 Å². The van der Waals surface area contributed by atoms with E-state index in [1.54, 1.807) is 46.1 Å². The first-order valence-corrected chi connectivity index (χ1v) is 7.57. The molecule has 1 aromatic heterocycles. The summed E-state index contributed by atoms with van der Waals surface area (Å²) in [6.07, 6.45) is 1.31. The van der Waals surface area contributed by atoms with Crippen molar-refractivity contribution in [2.45, 2.75) is 32.8 Å². The van der Waals surface area contributed by atoms with E-state index in [9.17, 15) is 9.59 Å². The first-order valence-electron chi connectivity index (χ1n) is 6.78. The zero-order valence-corrected chi connectivity index (χ0v) is 14.7. The Balaban J connectivity index is 2.30. The van der Waals surface area contributed by atoms with E-state index >= 15 is 0 Å². The van der Waals surface area contributed by atoms with Crippen LogP contribution in [0.25, 0.3) is 0 Å². The predicted molar refractivity (Wildman–Crippen MR) is 87.2 cm³/mol. The quantitative estimate of drug-likeness (QED) is 0.775. The number of halogens is 1. The highest BCUT2D eigenvalue weighted by Crippen LogP contribution is 2.10. The topological polar surface area (TPSA) is 83.6 Å². The lowest BCUT2D eigenvalue weighted by atomic mass is 10.2. The first-order chi connectivity index (χ1) is 10.2. The second kappa shape index (κ2) is 7.98. The summed E-state index contributed by atoms with van der Waals surface area (Å²) >= 11 is 3.27. The van der Waals surface area contributed by atoms with Crippen LogP contribution >= 0.6 is 15.9 Å². The maximum Gasteiger partial charge on any atom is 0.410 e. The lowest BCUT2D eigenvalue weighted by Crippen LogP contribution is -2.37. The Morgan fingerprint density at radius 3 is 2.59 bits per heavy atom. The van der Waals surface area contributed by atoms with Crippen molar-refractivity contribution >= 4 is 33.7 Å². The molecule has 2 N–H and O–H groups in total. The molecule has 0 aliphatic rings. The molecular formula is C14H21BrN4O3. The lowest BCUT2D eigenvalue weighted by Gasteiger charge is -2.24. The largest absolute Gasteiger partial charge is 0.444 e. The third kappa shape index (κ3) is 7.26. The number of pyridine rings is 1. The number of nitrogens with zero attached hydrogens (tertiary/aromatic N) is 2. The van der Waals surface area contributed by atoms with Crippen LogP contribution in [0.2, 0.25) is 0 Å². The van der Waals surface area contributed by atoms with Gasteiger partial charge >= 0.3 is 6.09 Å². The maximum atomic E-state index is 11.7. The van der Waals surface area contributed by atoms with Crippen molar-refractivity contribution in [3.63, 3.8) is 0 Å². The minimum absolute atomic E-state index is 0.152. The summed E-state index contributed by atoms with van der Waals surface area (Å²) in [5, 5.41) is 0. The minimum Gasteiger partial charge on any atom is -0.444 e. The number of hydrogen-bond acceptors (Lipinski definition) is 5. The monoisotopic (exact) mass is 372 g/mol. The molecule has 0 radical (unpaired) electrons. The molecule has 0 spiro atoms. The number of anilines is 1. The molecule has 1 heterocycles. The van der Waals surface area contributed by atoms with E-state index in [0.29, 0.717) is 5.82 Å². The van der Waals surface area contributed by atoms with E-state index in [-0.39, 0.29) is 18.9 Å². The minimum atomic E-state index is -0.553. The van der Waals surface area contributed by atoms with Gasteiger partial charge in [-0.3, -0.25) is 15.6 Å². The van der Waals surface area contributed by atoms with Gasteiger partial charge in [-0.15, -0.1) is 0 Å². The predicted octanol–water partition coefficient (Wildman–Crippen LogP) is 2.54. The van der Waals surface area contributed by atoms with Gasteiger partial charge in [-0.25, -0.2) is 9.78 Å². The number of carbonyl (C=O) groups is 2. The molecule has 0 unspecified atom stereocenters. The normalized spacial score (nSPS) is 10.8. The van der Waals surface area contributed by atoms with Crippen LogP contribution in [-0.4, -0.2) is 41.1 Å². The standard InChI is InChI=1S/C14H21BrN4O3/c1-14(2,3)22-13(21)19(4)8-7-12(20)18-17-11-6-5-10(15)9-16-11/h5-6,9H,7-8H2,1-4H3,(H,16,17)(H,18,20). The van der Waals surface area contributed by atoms with E-state index in [2.05, 4.69) is 31.8 Å². The Labute approximate surface area is 138 Å². The molecule has 8 heteroatoms. The van der Waals surface area contributed by atoms with Gasteiger partial charge in [0, 0.05) is 30.7 Å². The summed E-state index contributed by atoms with van der Waals surface area (Å²) in [7, 11) is 1.59. The van der Waals surface area contributed by atoms with Crippen molar-refractivity contribution in [2.75, 3.05) is 19.0 Å².